The molecule has 4 rings (SSSR count). The van der Waals surface area contributed by atoms with Gasteiger partial charge in [0.15, 0.2) is 0 Å². The van der Waals surface area contributed by atoms with E-state index in [2.05, 4.69) is 24.6 Å². The van der Waals surface area contributed by atoms with Crippen LogP contribution in [0.2, 0.25) is 0 Å². The fraction of sp³-hybridized carbons (Fsp3) is 0.108. The number of ether oxygens (including phenoxy) is 3. The zero-order chi connectivity index (χ0) is 31.3. The molecule has 0 N–H and O–H groups in total. The van der Waals surface area contributed by atoms with Crippen molar-refractivity contribution >= 4 is 35.0 Å². The predicted octanol–water partition coefficient (Wildman–Crippen LogP) is 7.46. The highest BCUT2D eigenvalue weighted by molar-refractivity contribution is 5.84. The van der Waals surface area contributed by atoms with Crippen molar-refractivity contribution in [2.75, 3.05) is 18.1 Å². The molecule has 0 amide bonds. The molecule has 0 unspecified atom stereocenters. The van der Waals surface area contributed by atoms with Gasteiger partial charge in [-0.05, 0) is 70.8 Å². The first-order valence-electron chi connectivity index (χ1n) is 14.0. The first-order valence-corrected chi connectivity index (χ1v) is 14.0. The summed E-state index contributed by atoms with van der Waals surface area (Å²) < 4.78 is 15.4. The van der Waals surface area contributed by atoms with Gasteiger partial charge in [-0.3, -0.25) is 0 Å². The van der Waals surface area contributed by atoms with Crippen LogP contribution in [0.1, 0.15) is 11.1 Å². The average molecular weight is 588 g/mol. The van der Waals surface area contributed by atoms with E-state index < -0.39 is 17.9 Å². The Balaban J connectivity index is 1.57. The SMILES string of the molecule is C=CC(=O)OCCc1ccc(N(c2ccc(CCOC(=O)C=C)cc2)c2ccc(-c3ccc(OC(=O)C=C)cc3)cc2)cc1. The lowest BCUT2D eigenvalue weighted by Gasteiger charge is -2.26. The molecule has 0 aliphatic rings. The molecule has 0 spiro atoms. The second-order valence-corrected chi connectivity index (χ2v) is 9.61. The normalized spacial score (nSPS) is 10.3. The summed E-state index contributed by atoms with van der Waals surface area (Å²) in [5.41, 5.74) is 6.90. The molecule has 0 atom stereocenters. The van der Waals surface area contributed by atoms with Gasteiger partial charge in [0.05, 0.1) is 13.2 Å². The van der Waals surface area contributed by atoms with Crippen molar-refractivity contribution in [3.63, 3.8) is 0 Å². The molecule has 44 heavy (non-hydrogen) atoms. The number of hydrogen-bond donors (Lipinski definition) is 0. The Morgan fingerprint density at radius 3 is 1.27 bits per heavy atom. The van der Waals surface area contributed by atoms with Crippen LogP contribution < -0.4 is 9.64 Å². The van der Waals surface area contributed by atoms with Crippen molar-refractivity contribution in [3.8, 4) is 16.9 Å². The molecular weight excluding hydrogens is 554 g/mol. The summed E-state index contributed by atoms with van der Waals surface area (Å²) >= 11 is 0. The molecule has 4 aromatic rings. The zero-order valence-corrected chi connectivity index (χ0v) is 24.3. The largest absolute Gasteiger partial charge is 0.462 e. The summed E-state index contributed by atoms with van der Waals surface area (Å²) in [7, 11) is 0. The van der Waals surface area contributed by atoms with Crippen LogP contribution in [-0.4, -0.2) is 31.1 Å². The van der Waals surface area contributed by atoms with Crippen LogP contribution in [0.15, 0.2) is 135 Å². The molecule has 0 aliphatic heterocycles. The maximum Gasteiger partial charge on any atom is 0.335 e. The van der Waals surface area contributed by atoms with Gasteiger partial charge in [-0.25, -0.2) is 14.4 Å². The lowest BCUT2D eigenvalue weighted by molar-refractivity contribution is -0.138. The Morgan fingerprint density at radius 1 is 0.523 bits per heavy atom. The number of anilines is 3. The van der Waals surface area contributed by atoms with Gasteiger partial charge in [0.25, 0.3) is 0 Å². The Morgan fingerprint density at radius 2 is 0.886 bits per heavy atom. The highest BCUT2D eigenvalue weighted by Crippen LogP contribution is 2.36. The van der Waals surface area contributed by atoms with Gasteiger partial charge in [0.2, 0.25) is 0 Å². The van der Waals surface area contributed by atoms with Crippen LogP contribution in [-0.2, 0) is 36.7 Å². The lowest BCUT2D eigenvalue weighted by Crippen LogP contribution is -2.10. The number of esters is 3. The third-order valence-corrected chi connectivity index (χ3v) is 6.69. The fourth-order valence-electron chi connectivity index (χ4n) is 4.40. The van der Waals surface area contributed by atoms with Crippen LogP contribution in [0, 0.1) is 0 Å². The minimum Gasteiger partial charge on any atom is -0.462 e. The Kier molecular flexibility index (Phi) is 11.0. The highest BCUT2D eigenvalue weighted by Gasteiger charge is 2.14. The number of carbonyl (C=O) groups excluding carboxylic acids is 3. The maximum atomic E-state index is 11.5. The highest BCUT2D eigenvalue weighted by atomic mass is 16.5. The number of hydrogen-bond acceptors (Lipinski definition) is 7. The van der Waals surface area contributed by atoms with Crippen molar-refractivity contribution in [2.24, 2.45) is 0 Å². The third-order valence-electron chi connectivity index (χ3n) is 6.69. The van der Waals surface area contributed by atoms with E-state index >= 15 is 0 Å². The van der Waals surface area contributed by atoms with E-state index in [9.17, 15) is 14.4 Å². The number of rotatable bonds is 14. The molecule has 7 nitrogen and oxygen atoms in total. The van der Waals surface area contributed by atoms with Crippen molar-refractivity contribution in [3.05, 3.63) is 146 Å². The quantitative estimate of drug-likeness (QED) is 0.0860. The van der Waals surface area contributed by atoms with Crippen molar-refractivity contribution < 1.29 is 28.6 Å². The number of carbonyl (C=O) groups is 3. The van der Waals surface area contributed by atoms with Gasteiger partial charge in [-0.2, -0.15) is 0 Å². The minimum absolute atomic E-state index is 0.274. The second-order valence-electron chi connectivity index (χ2n) is 9.61. The standard InChI is InChI=1S/C37H33NO6/c1-4-35(39)42-25-23-27-7-15-31(16-8-27)38(32-17-9-28(10-18-32)24-26-43-36(40)5-2)33-19-11-29(12-20-33)30-13-21-34(22-14-30)44-37(41)6-3/h4-22H,1-3,23-26H2. The van der Waals surface area contributed by atoms with Gasteiger partial charge in [0, 0.05) is 48.1 Å². The fourth-order valence-corrected chi connectivity index (χ4v) is 4.40. The first kappa shape index (κ1) is 31.3. The summed E-state index contributed by atoms with van der Waals surface area (Å²) in [5, 5.41) is 0. The molecule has 0 radical (unpaired) electrons. The van der Waals surface area contributed by atoms with E-state index in [1.165, 1.54) is 0 Å². The van der Waals surface area contributed by atoms with Gasteiger partial charge in [-0.1, -0.05) is 68.3 Å². The molecule has 0 saturated carbocycles. The number of nitrogens with zero attached hydrogens (tertiary/aromatic N) is 1. The van der Waals surface area contributed by atoms with Gasteiger partial charge in [0.1, 0.15) is 5.75 Å². The van der Waals surface area contributed by atoms with Gasteiger partial charge >= 0.3 is 17.9 Å². The molecule has 7 heteroatoms. The van der Waals surface area contributed by atoms with Crippen molar-refractivity contribution in [2.45, 2.75) is 12.8 Å². The van der Waals surface area contributed by atoms with E-state index in [1.807, 2.05) is 84.9 Å². The van der Waals surface area contributed by atoms with E-state index in [-0.39, 0.29) is 13.2 Å². The topological polar surface area (TPSA) is 82.1 Å². The van der Waals surface area contributed by atoms with Crippen LogP contribution in [0.4, 0.5) is 17.1 Å². The summed E-state index contributed by atoms with van der Waals surface area (Å²) in [6.45, 7) is 10.8. The molecule has 0 bridgehead atoms. The molecule has 4 aromatic carbocycles. The van der Waals surface area contributed by atoms with E-state index in [0.29, 0.717) is 18.6 Å². The van der Waals surface area contributed by atoms with E-state index in [0.717, 1.165) is 57.5 Å². The minimum atomic E-state index is -0.504. The Hall–Kier alpha value is -5.69. The van der Waals surface area contributed by atoms with Gasteiger partial charge in [-0.15, -0.1) is 0 Å². The monoisotopic (exact) mass is 587 g/mol. The van der Waals surface area contributed by atoms with E-state index in [1.54, 1.807) is 12.1 Å². The maximum absolute atomic E-state index is 11.5. The third kappa shape index (κ3) is 8.66. The summed E-state index contributed by atoms with van der Waals surface area (Å²) in [5.74, 6) is -0.933. The van der Waals surface area contributed by atoms with Crippen molar-refractivity contribution in [1.82, 2.24) is 0 Å². The summed E-state index contributed by atoms with van der Waals surface area (Å²) in [6.07, 6.45) is 4.61. The summed E-state index contributed by atoms with van der Waals surface area (Å²) in [4.78, 5) is 36.4. The average Bonchev–Trinajstić information content (AvgIpc) is 3.06. The van der Waals surface area contributed by atoms with Gasteiger partial charge < -0.3 is 19.1 Å². The molecule has 0 aliphatic carbocycles. The smallest absolute Gasteiger partial charge is 0.335 e. The predicted molar refractivity (Wildman–Crippen MR) is 172 cm³/mol. The lowest BCUT2D eigenvalue weighted by atomic mass is 10.0. The van der Waals surface area contributed by atoms with E-state index in [4.69, 9.17) is 14.2 Å². The Labute approximate surface area is 257 Å². The van der Waals surface area contributed by atoms with Crippen LogP contribution >= 0.6 is 0 Å². The second kappa shape index (κ2) is 15.5. The Bertz CT molecular complexity index is 1540. The summed E-state index contributed by atoms with van der Waals surface area (Å²) in [6, 6.07) is 31.7. The molecule has 222 valence electrons. The van der Waals surface area contributed by atoms with Crippen LogP contribution in [0.5, 0.6) is 5.75 Å². The van der Waals surface area contributed by atoms with Crippen molar-refractivity contribution in [1.29, 1.82) is 0 Å². The first-order chi connectivity index (χ1) is 21.4. The number of benzene rings is 4. The van der Waals surface area contributed by atoms with Crippen LogP contribution in [0.25, 0.3) is 11.1 Å². The molecule has 0 heterocycles. The molecular formula is C37H33NO6. The zero-order valence-electron chi connectivity index (χ0n) is 24.3. The molecule has 0 saturated heterocycles. The molecule has 0 aromatic heterocycles. The van der Waals surface area contributed by atoms with Crippen LogP contribution in [0.3, 0.4) is 0 Å². The molecule has 0 fully saturated rings.